The van der Waals surface area contributed by atoms with Gasteiger partial charge in [0.1, 0.15) is 0 Å². The van der Waals surface area contributed by atoms with Crippen LogP contribution < -0.4 is 4.90 Å². The van der Waals surface area contributed by atoms with Crippen molar-refractivity contribution in [3.8, 4) is 0 Å². The molecule has 0 unspecified atom stereocenters. The van der Waals surface area contributed by atoms with Crippen LogP contribution in [0.5, 0.6) is 0 Å². The summed E-state index contributed by atoms with van der Waals surface area (Å²) in [6, 6.07) is 16.5. The van der Waals surface area contributed by atoms with Crippen molar-refractivity contribution in [3.63, 3.8) is 0 Å². The molecule has 2 aromatic carbocycles. The van der Waals surface area contributed by atoms with Crippen molar-refractivity contribution in [1.82, 2.24) is 9.88 Å². The van der Waals surface area contributed by atoms with Gasteiger partial charge < -0.3 is 14.8 Å². The Hall–Kier alpha value is -1.91. The lowest BCUT2D eigenvalue weighted by molar-refractivity contribution is 0.191. The van der Waals surface area contributed by atoms with E-state index in [-0.39, 0.29) is 0 Å². The first kappa shape index (κ1) is 17.9. The van der Waals surface area contributed by atoms with Crippen LogP contribution >= 0.6 is 11.8 Å². The van der Waals surface area contributed by atoms with E-state index in [2.05, 4.69) is 75.2 Å². The first-order valence-electron chi connectivity index (χ1n) is 11.2. The quantitative estimate of drug-likeness (QED) is 0.641. The molecule has 4 heteroatoms. The molecule has 4 heterocycles. The summed E-state index contributed by atoms with van der Waals surface area (Å²) in [5.41, 5.74) is 5.95. The Bertz CT molecular complexity index is 1030. The topological polar surface area (TPSA) is 22.3 Å². The summed E-state index contributed by atoms with van der Waals surface area (Å²) in [6.45, 7) is 4.95. The minimum absolute atomic E-state index is 0.700. The van der Waals surface area contributed by atoms with Gasteiger partial charge in [-0.25, -0.2) is 0 Å². The predicted molar refractivity (Wildman–Crippen MR) is 123 cm³/mol. The standard InChI is InChI=1S/C25H29N3S/c1-2-9-22-19(7-1)18(16-26-22)6-4-12-27-14-11-23-21(17-27)20-8-3-10-24-25(20)28(23)13-5-15-29-24/h1-3,7-10,16,21,23,26H,4-6,11-15,17H2/t21-,23-/m1/s1. The van der Waals surface area contributed by atoms with Crippen molar-refractivity contribution in [2.75, 3.05) is 36.8 Å². The van der Waals surface area contributed by atoms with Gasteiger partial charge in [-0.1, -0.05) is 30.3 Å². The number of benzene rings is 2. The number of aryl methyl sites for hydroxylation is 1. The van der Waals surface area contributed by atoms with Crippen LogP contribution in [0, 0.1) is 0 Å². The molecular weight excluding hydrogens is 374 g/mol. The Kier molecular flexibility index (Phi) is 4.57. The highest BCUT2D eigenvalue weighted by Gasteiger charge is 2.43. The average Bonchev–Trinajstić information content (AvgIpc) is 3.22. The van der Waals surface area contributed by atoms with E-state index in [1.165, 1.54) is 72.6 Å². The lowest BCUT2D eigenvalue weighted by Crippen LogP contribution is -2.46. The average molecular weight is 404 g/mol. The van der Waals surface area contributed by atoms with Crippen LogP contribution in [-0.4, -0.2) is 47.9 Å². The zero-order valence-corrected chi connectivity index (χ0v) is 17.8. The Morgan fingerprint density at radius 1 is 1.07 bits per heavy atom. The number of rotatable bonds is 4. The minimum Gasteiger partial charge on any atom is -0.367 e. The first-order chi connectivity index (χ1) is 14.4. The van der Waals surface area contributed by atoms with Gasteiger partial charge in [-0.15, -0.1) is 11.8 Å². The summed E-state index contributed by atoms with van der Waals surface area (Å²) in [5, 5.41) is 1.39. The molecule has 6 rings (SSSR count). The summed E-state index contributed by atoms with van der Waals surface area (Å²) < 4.78 is 0. The van der Waals surface area contributed by atoms with Gasteiger partial charge in [0.05, 0.1) is 5.69 Å². The molecule has 3 nitrogen and oxygen atoms in total. The van der Waals surface area contributed by atoms with Gasteiger partial charge >= 0.3 is 0 Å². The first-order valence-corrected chi connectivity index (χ1v) is 12.2. The molecule has 3 aliphatic rings. The number of fused-ring (bicyclic) bond motifs is 4. The molecule has 0 amide bonds. The number of nitrogens with one attached hydrogen (secondary N) is 1. The molecule has 3 aliphatic heterocycles. The molecule has 0 spiro atoms. The highest BCUT2D eigenvalue weighted by Crippen LogP contribution is 2.50. The summed E-state index contributed by atoms with van der Waals surface area (Å²) in [4.78, 5) is 10.5. The third-order valence-corrected chi connectivity index (χ3v) is 8.31. The predicted octanol–water partition coefficient (Wildman–Crippen LogP) is 5.27. The summed E-state index contributed by atoms with van der Waals surface area (Å²) in [7, 11) is 0. The second-order valence-electron chi connectivity index (χ2n) is 8.82. The molecule has 150 valence electrons. The van der Waals surface area contributed by atoms with Crippen molar-refractivity contribution in [1.29, 1.82) is 0 Å². The normalized spacial score (nSPS) is 23.8. The van der Waals surface area contributed by atoms with Crippen molar-refractivity contribution >= 4 is 28.4 Å². The Morgan fingerprint density at radius 3 is 3.03 bits per heavy atom. The molecular formula is C25H29N3S. The van der Waals surface area contributed by atoms with E-state index < -0.39 is 0 Å². The summed E-state index contributed by atoms with van der Waals surface area (Å²) in [5.74, 6) is 1.97. The maximum Gasteiger partial charge on any atom is 0.0543 e. The lowest BCUT2D eigenvalue weighted by atomic mass is 9.89. The van der Waals surface area contributed by atoms with E-state index in [4.69, 9.17) is 0 Å². The van der Waals surface area contributed by atoms with Gasteiger partial charge in [-0.3, -0.25) is 0 Å². The van der Waals surface area contributed by atoms with E-state index in [0.29, 0.717) is 5.92 Å². The number of aromatic amines is 1. The molecule has 0 bridgehead atoms. The monoisotopic (exact) mass is 403 g/mol. The third kappa shape index (κ3) is 3.08. The Labute approximate surface area is 177 Å². The van der Waals surface area contributed by atoms with Gasteiger partial charge in [0.15, 0.2) is 0 Å². The highest BCUT2D eigenvalue weighted by atomic mass is 32.2. The molecule has 3 aromatic rings. The second-order valence-corrected chi connectivity index (χ2v) is 9.95. The number of piperidine rings is 1. The third-order valence-electron chi connectivity index (χ3n) is 7.17. The van der Waals surface area contributed by atoms with E-state index in [9.17, 15) is 0 Å². The van der Waals surface area contributed by atoms with Crippen LogP contribution in [0.1, 0.15) is 36.3 Å². The number of anilines is 1. The molecule has 0 saturated carbocycles. The van der Waals surface area contributed by atoms with Crippen molar-refractivity contribution in [3.05, 3.63) is 59.8 Å². The SMILES string of the molecule is c1cc2c3c(c1)[C@H]1CN(CCCc4c[nH]c5ccccc45)CC[C@H]1N3CCCS2. The van der Waals surface area contributed by atoms with Gasteiger partial charge in [0, 0.05) is 53.6 Å². The number of thioether (sulfide) groups is 1. The van der Waals surface area contributed by atoms with E-state index >= 15 is 0 Å². The molecule has 1 N–H and O–H groups in total. The van der Waals surface area contributed by atoms with E-state index in [1.54, 1.807) is 11.3 Å². The van der Waals surface area contributed by atoms with Crippen molar-refractivity contribution in [2.24, 2.45) is 0 Å². The maximum atomic E-state index is 3.42. The maximum absolute atomic E-state index is 3.42. The number of hydrogen-bond donors (Lipinski definition) is 1. The zero-order valence-electron chi connectivity index (χ0n) is 16.9. The van der Waals surface area contributed by atoms with Crippen LogP contribution in [0.4, 0.5) is 5.69 Å². The van der Waals surface area contributed by atoms with Crippen molar-refractivity contribution < 1.29 is 0 Å². The van der Waals surface area contributed by atoms with Crippen LogP contribution in [0.15, 0.2) is 53.6 Å². The van der Waals surface area contributed by atoms with Crippen molar-refractivity contribution in [2.45, 2.75) is 42.5 Å². The van der Waals surface area contributed by atoms with Gasteiger partial charge in [-0.2, -0.15) is 0 Å². The molecule has 29 heavy (non-hydrogen) atoms. The Balaban J connectivity index is 1.15. The van der Waals surface area contributed by atoms with E-state index in [1.807, 2.05) is 0 Å². The lowest BCUT2D eigenvalue weighted by Gasteiger charge is -2.39. The number of H-pyrrole nitrogens is 1. The van der Waals surface area contributed by atoms with Gasteiger partial charge in [-0.05, 0) is 61.2 Å². The fourth-order valence-electron chi connectivity index (χ4n) is 5.84. The fourth-order valence-corrected chi connectivity index (χ4v) is 6.88. The Morgan fingerprint density at radius 2 is 2.03 bits per heavy atom. The van der Waals surface area contributed by atoms with Gasteiger partial charge in [0.2, 0.25) is 0 Å². The smallest absolute Gasteiger partial charge is 0.0543 e. The number of hydrogen-bond acceptors (Lipinski definition) is 3. The van der Waals surface area contributed by atoms with Crippen LogP contribution in [-0.2, 0) is 6.42 Å². The summed E-state index contributed by atoms with van der Waals surface area (Å²) >= 11 is 2.07. The van der Waals surface area contributed by atoms with Gasteiger partial charge in [0.25, 0.3) is 0 Å². The number of nitrogens with zero attached hydrogens (tertiary/aromatic N) is 2. The van der Waals surface area contributed by atoms with Crippen LogP contribution in [0.2, 0.25) is 0 Å². The molecule has 2 atom stereocenters. The van der Waals surface area contributed by atoms with Crippen LogP contribution in [0.3, 0.4) is 0 Å². The zero-order chi connectivity index (χ0) is 19.2. The number of aromatic nitrogens is 1. The van der Waals surface area contributed by atoms with E-state index in [0.717, 1.165) is 12.5 Å². The fraction of sp³-hybridized carbons (Fsp3) is 0.440. The summed E-state index contributed by atoms with van der Waals surface area (Å²) in [6.07, 6.45) is 7.25. The molecule has 1 saturated heterocycles. The molecule has 0 aliphatic carbocycles. The largest absolute Gasteiger partial charge is 0.367 e. The molecule has 1 fully saturated rings. The second kappa shape index (κ2) is 7.41. The number of likely N-dealkylation sites (tertiary alicyclic amines) is 1. The van der Waals surface area contributed by atoms with Crippen LogP contribution in [0.25, 0.3) is 10.9 Å². The molecule has 1 aromatic heterocycles. The molecule has 0 radical (unpaired) electrons. The minimum atomic E-state index is 0.700. The number of para-hydroxylation sites is 2. The highest BCUT2D eigenvalue weighted by molar-refractivity contribution is 7.99.